The van der Waals surface area contributed by atoms with Crippen molar-refractivity contribution in [1.29, 1.82) is 0 Å². The number of benzene rings is 2. The molecule has 1 aliphatic heterocycles. The second kappa shape index (κ2) is 5.69. The summed E-state index contributed by atoms with van der Waals surface area (Å²) in [7, 11) is 2.98. The van der Waals surface area contributed by atoms with E-state index in [0.29, 0.717) is 17.2 Å². The predicted molar refractivity (Wildman–Crippen MR) is 79.7 cm³/mol. The van der Waals surface area contributed by atoms with Crippen LogP contribution in [0.3, 0.4) is 0 Å². The number of fused-ring (bicyclic) bond motifs is 1. The number of Topliss-reactive ketones (excluding diaryl/α,β-unsaturated/α-hetero) is 1. The highest BCUT2D eigenvalue weighted by Gasteiger charge is 2.39. The zero-order chi connectivity index (χ0) is 15.7. The van der Waals surface area contributed by atoms with Crippen molar-refractivity contribution >= 4 is 5.78 Å². The minimum Gasteiger partial charge on any atom is -0.496 e. The molecule has 2 atom stereocenters. The lowest BCUT2D eigenvalue weighted by Gasteiger charge is -2.30. The fraction of sp³-hybridized carbons (Fsp3) is 0.235. The third-order valence-electron chi connectivity index (χ3n) is 3.68. The molecule has 0 saturated carbocycles. The molecule has 0 amide bonds. The smallest absolute Gasteiger partial charge is 0.202 e. The summed E-state index contributed by atoms with van der Waals surface area (Å²) in [5.41, 5.74) is 0.971. The van der Waals surface area contributed by atoms with Crippen LogP contribution in [0, 0.1) is 0 Å². The Morgan fingerprint density at radius 2 is 1.82 bits per heavy atom. The first-order chi connectivity index (χ1) is 10.7. The van der Waals surface area contributed by atoms with Gasteiger partial charge in [-0.2, -0.15) is 0 Å². The van der Waals surface area contributed by atoms with E-state index in [1.165, 1.54) is 14.2 Å². The van der Waals surface area contributed by atoms with E-state index < -0.39 is 18.0 Å². The SMILES string of the molecule is COc1cc(OC)c2c(c1)O[C@@H](c1ccccc1)[C@@H](O)C2=O. The fourth-order valence-electron chi connectivity index (χ4n) is 2.56. The molecule has 0 aromatic heterocycles. The topological polar surface area (TPSA) is 65.0 Å². The summed E-state index contributed by atoms with van der Waals surface area (Å²) in [6.45, 7) is 0. The molecule has 0 radical (unpaired) electrons. The summed E-state index contributed by atoms with van der Waals surface area (Å²) in [6.07, 6.45) is -2.03. The van der Waals surface area contributed by atoms with Crippen molar-refractivity contribution in [2.24, 2.45) is 0 Å². The number of ketones is 1. The summed E-state index contributed by atoms with van der Waals surface area (Å²) in [5.74, 6) is 0.770. The molecule has 3 rings (SSSR count). The normalized spacial score (nSPS) is 20.0. The van der Waals surface area contributed by atoms with Gasteiger partial charge in [-0.3, -0.25) is 4.79 Å². The highest BCUT2D eigenvalue weighted by molar-refractivity contribution is 6.05. The number of ether oxygens (including phenoxy) is 3. The molecule has 2 aromatic rings. The second-order valence-corrected chi connectivity index (χ2v) is 4.96. The third-order valence-corrected chi connectivity index (χ3v) is 3.68. The molecule has 0 fully saturated rings. The number of rotatable bonds is 3. The van der Waals surface area contributed by atoms with Gasteiger partial charge in [0.15, 0.2) is 12.2 Å². The molecule has 5 heteroatoms. The van der Waals surface area contributed by atoms with Crippen LogP contribution in [-0.4, -0.2) is 31.2 Å². The van der Waals surface area contributed by atoms with Crippen LogP contribution in [0.15, 0.2) is 42.5 Å². The first kappa shape index (κ1) is 14.4. The number of methoxy groups -OCH3 is 2. The van der Waals surface area contributed by atoms with Crippen LogP contribution in [-0.2, 0) is 0 Å². The van der Waals surface area contributed by atoms with Gasteiger partial charge in [-0.15, -0.1) is 0 Å². The van der Waals surface area contributed by atoms with Crippen LogP contribution in [0.1, 0.15) is 22.0 Å². The summed E-state index contributed by atoms with van der Waals surface area (Å²) in [6, 6.07) is 12.4. The van der Waals surface area contributed by atoms with Gasteiger partial charge in [-0.1, -0.05) is 30.3 Å². The maximum atomic E-state index is 12.5. The molecule has 0 saturated heterocycles. The molecule has 5 nitrogen and oxygen atoms in total. The van der Waals surface area contributed by atoms with Gasteiger partial charge < -0.3 is 19.3 Å². The summed E-state index contributed by atoms with van der Waals surface area (Å²) >= 11 is 0. The molecular formula is C17H16O5. The second-order valence-electron chi connectivity index (χ2n) is 4.96. The van der Waals surface area contributed by atoms with E-state index in [4.69, 9.17) is 14.2 Å². The van der Waals surface area contributed by atoms with Crippen molar-refractivity contribution in [1.82, 2.24) is 0 Å². The highest BCUT2D eigenvalue weighted by Crippen LogP contribution is 2.42. The summed E-state index contributed by atoms with van der Waals surface area (Å²) in [5, 5.41) is 10.3. The van der Waals surface area contributed by atoms with Gasteiger partial charge in [0.1, 0.15) is 22.8 Å². The van der Waals surface area contributed by atoms with E-state index in [1.807, 2.05) is 30.3 Å². The van der Waals surface area contributed by atoms with Crippen LogP contribution in [0.5, 0.6) is 17.2 Å². The van der Waals surface area contributed by atoms with Crippen molar-refractivity contribution in [3.8, 4) is 17.2 Å². The van der Waals surface area contributed by atoms with Gasteiger partial charge in [-0.25, -0.2) is 0 Å². The monoisotopic (exact) mass is 300 g/mol. The van der Waals surface area contributed by atoms with Crippen LogP contribution in [0.25, 0.3) is 0 Å². The molecule has 114 valence electrons. The minimum absolute atomic E-state index is 0.239. The Labute approximate surface area is 128 Å². The third kappa shape index (κ3) is 2.29. The lowest BCUT2D eigenvalue weighted by Crippen LogP contribution is -2.36. The Morgan fingerprint density at radius 3 is 2.45 bits per heavy atom. The quantitative estimate of drug-likeness (QED) is 0.943. The van der Waals surface area contributed by atoms with Crippen LogP contribution in [0.4, 0.5) is 0 Å². The van der Waals surface area contributed by atoms with E-state index in [9.17, 15) is 9.90 Å². The van der Waals surface area contributed by atoms with Gasteiger partial charge in [0, 0.05) is 12.1 Å². The molecule has 1 N–H and O–H groups in total. The van der Waals surface area contributed by atoms with Gasteiger partial charge in [-0.05, 0) is 5.56 Å². The number of hydrogen-bond donors (Lipinski definition) is 1. The van der Waals surface area contributed by atoms with Crippen molar-refractivity contribution in [3.63, 3.8) is 0 Å². The Balaban J connectivity index is 2.10. The highest BCUT2D eigenvalue weighted by atomic mass is 16.5. The Hall–Kier alpha value is -2.53. The standard InChI is InChI=1S/C17H16O5/c1-20-11-8-12(21-2)14-13(9-11)22-17(16(19)15(14)18)10-6-4-3-5-7-10/h3-9,16-17,19H,1-2H3/t16-,17-/m0/s1. The molecule has 0 aliphatic carbocycles. The number of aliphatic hydroxyl groups excluding tert-OH is 1. The number of carbonyl (C=O) groups excluding carboxylic acids is 1. The molecule has 0 unspecified atom stereocenters. The van der Waals surface area contributed by atoms with Crippen molar-refractivity contribution in [2.75, 3.05) is 14.2 Å². The summed E-state index contributed by atoms with van der Waals surface area (Å²) < 4.78 is 16.3. The molecule has 0 spiro atoms. The average Bonchev–Trinajstić information content (AvgIpc) is 2.57. The predicted octanol–water partition coefficient (Wildman–Crippen LogP) is 2.38. The lowest BCUT2D eigenvalue weighted by molar-refractivity contribution is 0.0210. The molecule has 1 heterocycles. The van der Waals surface area contributed by atoms with Crippen LogP contribution >= 0.6 is 0 Å². The zero-order valence-corrected chi connectivity index (χ0v) is 12.3. The van der Waals surface area contributed by atoms with Crippen molar-refractivity contribution in [2.45, 2.75) is 12.2 Å². The Morgan fingerprint density at radius 1 is 1.09 bits per heavy atom. The average molecular weight is 300 g/mol. The Bertz CT molecular complexity index is 696. The van der Waals surface area contributed by atoms with Gasteiger partial charge in [0.05, 0.1) is 14.2 Å². The van der Waals surface area contributed by atoms with Crippen molar-refractivity contribution < 1.29 is 24.1 Å². The lowest BCUT2D eigenvalue weighted by atomic mass is 9.93. The van der Waals surface area contributed by atoms with E-state index in [2.05, 4.69) is 0 Å². The molecular weight excluding hydrogens is 284 g/mol. The van der Waals surface area contributed by atoms with E-state index in [-0.39, 0.29) is 5.56 Å². The number of hydrogen-bond acceptors (Lipinski definition) is 5. The van der Waals surface area contributed by atoms with Gasteiger partial charge >= 0.3 is 0 Å². The van der Waals surface area contributed by atoms with Gasteiger partial charge in [0.2, 0.25) is 5.78 Å². The maximum Gasteiger partial charge on any atom is 0.202 e. The number of carbonyl (C=O) groups is 1. The van der Waals surface area contributed by atoms with Crippen molar-refractivity contribution in [3.05, 3.63) is 53.6 Å². The van der Waals surface area contributed by atoms with E-state index in [1.54, 1.807) is 12.1 Å². The minimum atomic E-state index is -1.28. The van der Waals surface area contributed by atoms with E-state index in [0.717, 1.165) is 5.56 Å². The maximum absolute atomic E-state index is 12.5. The molecule has 1 aliphatic rings. The van der Waals surface area contributed by atoms with Crippen LogP contribution in [0.2, 0.25) is 0 Å². The fourth-order valence-corrected chi connectivity index (χ4v) is 2.56. The largest absolute Gasteiger partial charge is 0.496 e. The van der Waals surface area contributed by atoms with E-state index >= 15 is 0 Å². The van der Waals surface area contributed by atoms with Crippen LogP contribution < -0.4 is 14.2 Å². The zero-order valence-electron chi connectivity index (χ0n) is 12.3. The summed E-state index contributed by atoms with van der Waals surface area (Å²) in [4.78, 5) is 12.5. The first-order valence-corrected chi connectivity index (χ1v) is 6.85. The molecule has 2 aromatic carbocycles. The first-order valence-electron chi connectivity index (χ1n) is 6.85. The molecule has 22 heavy (non-hydrogen) atoms. The van der Waals surface area contributed by atoms with Gasteiger partial charge in [0.25, 0.3) is 0 Å². The number of aliphatic hydroxyl groups is 1. The molecule has 0 bridgehead atoms. The Kier molecular flexibility index (Phi) is 3.73.